The van der Waals surface area contributed by atoms with Crippen molar-refractivity contribution < 1.29 is 5.11 Å². The van der Waals surface area contributed by atoms with E-state index in [1.54, 1.807) is 0 Å². The van der Waals surface area contributed by atoms with Crippen LogP contribution in [0.5, 0.6) is 0 Å². The Labute approximate surface area is 82.7 Å². The Bertz CT molecular complexity index is 118. The van der Waals surface area contributed by atoms with E-state index in [1.807, 2.05) is 13.8 Å². The lowest BCUT2D eigenvalue weighted by Crippen LogP contribution is -2.39. The van der Waals surface area contributed by atoms with E-state index in [2.05, 4.69) is 19.2 Å². The molecular formula is C11H25NO. The first-order valence-electron chi connectivity index (χ1n) is 5.41. The van der Waals surface area contributed by atoms with E-state index in [1.165, 1.54) is 25.7 Å². The monoisotopic (exact) mass is 187 g/mol. The van der Waals surface area contributed by atoms with Gasteiger partial charge in [-0.3, -0.25) is 0 Å². The fourth-order valence-corrected chi connectivity index (χ4v) is 1.23. The van der Waals surface area contributed by atoms with Gasteiger partial charge in [0.15, 0.2) is 0 Å². The molecule has 0 bridgehead atoms. The maximum Gasteiger partial charge on any atom is 0.0715 e. The minimum absolute atomic E-state index is 0.526. The Morgan fingerprint density at radius 1 is 1.31 bits per heavy atom. The summed E-state index contributed by atoms with van der Waals surface area (Å²) in [6, 6.07) is 0.526. The summed E-state index contributed by atoms with van der Waals surface area (Å²) >= 11 is 0. The summed E-state index contributed by atoms with van der Waals surface area (Å²) in [6.45, 7) is 8.74. The quantitative estimate of drug-likeness (QED) is 0.599. The van der Waals surface area contributed by atoms with Gasteiger partial charge in [0, 0.05) is 12.6 Å². The van der Waals surface area contributed by atoms with Gasteiger partial charge in [0.05, 0.1) is 5.60 Å². The van der Waals surface area contributed by atoms with Crippen molar-refractivity contribution in [2.75, 3.05) is 6.54 Å². The molecule has 0 aromatic heterocycles. The minimum Gasteiger partial charge on any atom is -0.389 e. The summed E-state index contributed by atoms with van der Waals surface area (Å²) < 4.78 is 0. The first-order valence-corrected chi connectivity index (χ1v) is 5.41. The van der Waals surface area contributed by atoms with Crippen LogP contribution in [0.2, 0.25) is 0 Å². The predicted octanol–water partition coefficient (Wildman–Crippen LogP) is 2.32. The molecule has 0 aliphatic carbocycles. The molecule has 0 aromatic rings. The molecule has 0 aliphatic rings. The zero-order valence-corrected chi connectivity index (χ0v) is 9.56. The maximum atomic E-state index is 9.48. The van der Waals surface area contributed by atoms with Crippen LogP contribution in [0, 0.1) is 0 Å². The van der Waals surface area contributed by atoms with Crippen LogP contribution < -0.4 is 5.32 Å². The summed E-state index contributed by atoms with van der Waals surface area (Å²) in [5, 5.41) is 12.8. The zero-order chi connectivity index (χ0) is 10.3. The predicted molar refractivity (Wildman–Crippen MR) is 57.9 cm³/mol. The van der Waals surface area contributed by atoms with Gasteiger partial charge in [-0.25, -0.2) is 0 Å². The first kappa shape index (κ1) is 12.9. The molecule has 0 aromatic carbocycles. The van der Waals surface area contributed by atoms with E-state index < -0.39 is 5.60 Å². The van der Waals surface area contributed by atoms with Crippen LogP contribution in [0.15, 0.2) is 0 Å². The zero-order valence-electron chi connectivity index (χ0n) is 9.56. The molecule has 0 radical (unpaired) electrons. The molecular weight excluding hydrogens is 162 g/mol. The number of aliphatic hydroxyl groups is 1. The molecule has 0 aliphatic heterocycles. The fraction of sp³-hybridized carbons (Fsp3) is 1.00. The van der Waals surface area contributed by atoms with Gasteiger partial charge in [-0.2, -0.15) is 0 Å². The Morgan fingerprint density at radius 3 is 2.38 bits per heavy atom. The third-order valence-electron chi connectivity index (χ3n) is 2.12. The van der Waals surface area contributed by atoms with E-state index >= 15 is 0 Å². The number of rotatable bonds is 7. The van der Waals surface area contributed by atoms with Crippen molar-refractivity contribution in [1.82, 2.24) is 5.32 Å². The van der Waals surface area contributed by atoms with E-state index in [0.29, 0.717) is 12.6 Å². The van der Waals surface area contributed by atoms with Gasteiger partial charge in [0.1, 0.15) is 0 Å². The lowest BCUT2D eigenvalue weighted by atomic mass is 10.1. The van der Waals surface area contributed by atoms with Crippen molar-refractivity contribution in [1.29, 1.82) is 0 Å². The highest BCUT2D eigenvalue weighted by atomic mass is 16.3. The van der Waals surface area contributed by atoms with Crippen molar-refractivity contribution in [3.05, 3.63) is 0 Å². The Kier molecular flexibility index (Phi) is 6.35. The molecule has 0 rings (SSSR count). The Morgan fingerprint density at radius 2 is 1.92 bits per heavy atom. The number of nitrogens with one attached hydrogen (secondary N) is 1. The highest BCUT2D eigenvalue weighted by Crippen LogP contribution is 2.04. The molecule has 0 unspecified atom stereocenters. The molecule has 0 saturated heterocycles. The van der Waals surface area contributed by atoms with Crippen LogP contribution in [-0.2, 0) is 0 Å². The van der Waals surface area contributed by atoms with Crippen LogP contribution >= 0.6 is 0 Å². The second kappa shape index (κ2) is 6.39. The third-order valence-corrected chi connectivity index (χ3v) is 2.12. The topological polar surface area (TPSA) is 32.3 Å². The van der Waals surface area contributed by atoms with E-state index in [0.717, 1.165) is 0 Å². The largest absolute Gasteiger partial charge is 0.389 e. The second-order valence-corrected chi connectivity index (χ2v) is 4.59. The van der Waals surface area contributed by atoms with Crippen molar-refractivity contribution in [3.63, 3.8) is 0 Å². The molecule has 13 heavy (non-hydrogen) atoms. The van der Waals surface area contributed by atoms with Gasteiger partial charge in [-0.15, -0.1) is 0 Å². The summed E-state index contributed by atoms with van der Waals surface area (Å²) in [6.07, 6.45) is 5.09. The van der Waals surface area contributed by atoms with Gasteiger partial charge in [0.25, 0.3) is 0 Å². The number of hydrogen-bond donors (Lipinski definition) is 2. The Balaban J connectivity index is 3.35. The van der Waals surface area contributed by atoms with Crippen molar-refractivity contribution in [2.24, 2.45) is 0 Å². The van der Waals surface area contributed by atoms with Crippen molar-refractivity contribution in [2.45, 2.75) is 65.0 Å². The van der Waals surface area contributed by atoms with Crippen molar-refractivity contribution >= 4 is 0 Å². The SMILES string of the molecule is CCCCC[C@H](C)NCC(C)(C)O. The van der Waals surface area contributed by atoms with E-state index in [-0.39, 0.29) is 0 Å². The summed E-state index contributed by atoms with van der Waals surface area (Å²) in [4.78, 5) is 0. The molecule has 0 fully saturated rings. The fourth-order valence-electron chi connectivity index (χ4n) is 1.23. The smallest absolute Gasteiger partial charge is 0.0715 e. The average molecular weight is 187 g/mol. The standard InChI is InChI=1S/C11H25NO/c1-5-6-7-8-10(2)12-9-11(3,4)13/h10,12-13H,5-9H2,1-4H3/t10-/m0/s1. The molecule has 2 nitrogen and oxygen atoms in total. The molecule has 80 valence electrons. The first-order chi connectivity index (χ1) is 5.95. The number of hydrogen-bond acceptors (Lipinski definition) is 2. The van der Waals surface area contributed by atoms with Crippen LogP contribution in [0.4, 0.5) is 0 Å². The van der Waals surface area contributed by atoms with Crippen LogP contribution in [0.25, 0.3) is 0 Å². The average Bonchev–Trinajstić information content (AvgIpc) is 2.00. The molecule has 1 atom stereocenters. The van der Waals surface area contributed by atoms with Gasteiger partial charge < -0.3 is 10.4 Å². The highest BCUT2D eigenvalue weighted by molar-refractivity contribution is 4.71. The van der Waals surface area contributed by atoms with Gasteiger partial charge in [-0.05, 0) is 27.2 Å². The van der Waals surface area contributed by atoms with Gasteiger partial charge in [-0.1, -0.05) is 26.2 Å². The van der Waals surface area contributed by atoms with Crippen LogP contribution in [0.3, 0.4) is 0 Å². The van der Waals surface area contributed by atoms with E-state index in [4.69, 9.17) is 0 Å². The summed E-state index contributed by atoms with van der Waals surface area (Å²) in [5.74, 6) is 0. The Hall–Kier alpha value is -0.0800. The summed E-state index contributed by atoms with van der Waals surface area (Å²) in [5.41, 5.74) is -0.584. The van der Waals surface area contributed by atoms with Crippen molar-refractivity contribution in [3.8, 4) is 0 Å². The lowest BCUT2D eigenvalue weighted by molar-refractivity contribution is 0.0766. The third kappa shape index (κ3) is 9.84. The molecule has 2 N–H and O–H groups in total. The second-order valence-electron chi connectivity index (χ2n) is 4.59. The molecule has 2 heteroatoms. The molecule has 0 saturated carbocycles. The molecule has 0 spiro atoms. The van der Waals surface area contributed by atoms with Crippen LogP contribution in [-0.4, -0.2) is 23.3 Å². The molecule has 0 amide bonds. The maximum absolute atomic E-state index is 9.48. The lowest BCUT2D eigenvalue weighted by Gasteiger charge is -2.21. The highest BCUT2D eigenvalue weighted by Gasteiger charge is 2.12. The normalized spacial score (nSPS) is 14.5. The van der Waals surface area contributed by atoms with E-state index in [9.17, 15) is 5.11 Å². The van der Waals surface area contributed by atoms with Crippen LogP contribution in [0.1, 0.15) is 53.4 Å². The summed E-state index contributed by atoms with van der Waals surface area (Å²) in [7, 11) is 0. The number of unbranched alkanes of at least 4 members (excludes halogenated alkanes) is 2. The van der Waals surface area contributed by atoms with Gasteiger partial charge >= 0.3 is 0 Å². The van der Waals surface area contributed by atoms with Gasteiger partial charge in [0.2, 0.25) is 0 Å². The minimum atomic E-state index is -0.584. The molecule has 0 heterocycles.